The standard InChI is InChI=1S/C16H23NO3/c1-12-5-6-14(9-13(12)2)20-10-15(19)17-16(11-18)7-3-4-8-16/h5-6,9,18H,3-4,7-8,10-11H2,1-2H3,(H,17,19). The molecule has 0 aromatic heterocycles. The number of carbonyl (C=O) groups excluding carboxylic acids is 1. The Morgan fingerprint density at radius 2 is 2.00 bits per heavy atom. The van der Waals surface area contributed by atoms with Gasteiger partial charge >= 0.3 is 0 Å². The van der Waals surface area contributed by atoms with E-state index in [0.717, 1.165) is 31.2 Å². The molecule has 0 saturated heterocycles. The fourth-order valence-electron chi connectivity index (χ4n) is 2.66. The molecule has 4 nitrogen and oxygen atoms in total. The lowest BCUT2D eigenvalue weighted by Crippen LogP contribution is -2.50. The van der Waals surface area contributed by atoms with Crippen molar-refractivity contribution < 1.29 is 14.6 Å². The summed E-state index contributed by atoms with van der Waals surface area (Å²) in [6.07, 6.45) is 3.80. The fraction of sp³-hybridized carbons (Fsp3) is 0.562. The van der Waals surface area contributed by atoms with Gasteiger partial charge in [-0.1, -0.05) is 18.9 Å². The Morgan fingerprint density at radius 3 is 2.60 bits per heavy atom. The van der Waals surface area contributed by atoms with Gasteiger partial charge < -0.3 is 15.2 Å². The van der Waals surface area contributed by atoms with E-state index >= 15 is 0 Å². The van der Waals surface area contributed by atoms with Gasteiger partial charge in [-0.05, 0) is 49.9 Å². The van der Waals surface area contributed by atoms with E-state index in [-0.39, 0.29) is 19.1 Å². The van der Waals surface area contributed by atoms with E-state index in [1.165, 1.54) is 5.56 Å². The largest absolute Gasteiger partial charge is 0.484 e. The second kappa shape index (κ2) is 6.27. The van der Waals surface area contributed by atoms with Crippen LogP contribution in [0, 0.1) is 13.8 Å². The number of carbonyl (C=O) groups is 1. The van der Waals surface area contributed by atoms with Crippen LogP contribution in [-0.2, 0) is 4.79 Å². The highest BCUT2D eigenvalue weighted by Crippen LogP contribution is 2.29. The van der Waals surface area contributed by atoms with Gasteiger partial charge in [-0.25, -0.2) is 0 Å². The zero-order valence-electron chi connectivity index (χ0n) is 12.2. The molecule has 0 bridgehead atoms. The molecule has 0 unspecified atom stereocenters. The minimum atomic E-state index is -0.427. The SMILES string of the molecule is Cc1ccc(OCC(=O)NC2(CO)CCCC2)cc1C. The van der Waals surface area contributed by atoms with Gasteiger partial charge in [0.25, 0.3) is 5.91 Å². The highest BCUT2D eigenvalue weighted by Gasteiger charge is 2.34. The number of aryl methyl sites for hydroxylation is 2. The van der Waals surface area contributed by atoms with Gasteiger partial charge in [-0.15, -0.1) is 0 Å². The third-order valence-electron chi connectivity index (χ3n) is 4.12. The average Bonchev–Trinajstić information content (AvgIpc) is 2.89. The monoisotopic (exact) mass is 277 g/mol. The Balaban J connectivity index is 1.87. The first kappa shape index (κ1) is 14.9. The Bertz CT molecular complexity index is 479. The summed E-state index contributed by atoms with van der Waals surface area (Å²) in [7, 11) is 0. The Labute approximate surface area is 120 Å². The van der Waals surface area contributed by atoms with Crippen LogP contribution in [0.3, 0.4) is 0 Å². The van der Waals surface area contributed by atoms with Gasteiger partial charge in [0.2, 0.25) is 0 Å². The van der Waals surface area contributed by atoms with Crippen LogP contribution < -0.4 is 10.1 Å². The highest BCUT2D eigenvalue weighted by atomic mass is 16.5. The van der Waals surface area contributed by atoms with Crippen LogP contribution in [0.5, 0.6) is 5.75 Å². The number of ether oxygens (including phenoxy) is 1. The molecule has 110 valence electrons. The van der Waals surface area contributed by atoms with Crippen molar-refractivity contribution in [3.8, 4) is 5.75 Å². The van der Waals surface area contributed by atoms with E-state index in [0.29, 0.717) is 5.75 Å². The second-order valence-electron chi connectivity index (χ2n) is 5.73. The van der Waals surface area contributed by atoms with E-state index in [4.69, 9.17) is 4.74 Å². The average molecular weight is 277 g/mol. The lowest BCUT2D eigenvalue weighted by atomic mass is 9.99. The topological polar surface area (TPSA) is 58.6 Å². The van der Waals surface area contributed by atoms with Crippen LogP contribution in [0.1, 0.15) is 36.8 Å². The smallest absolute Gasteiger partial charge is 0.258 e. The van der Waals surface area contributed by atoms with E-state index in [1.54, 1.807) is 0 Å². The van der Waals surface area contributed by atoms with Crippen molar-refractivity contribution in [1.29, 1.82) is 0 Å². The van der Waals surface area contributed by atoms with Crippen LogP contribution in [0.25, 0.3) is 0 Å². The Hall–Kier alpha value is -1.55. The zero-order valence-corrected chi connectivity index (χ0v) is 12.2. The van der Waals surface area contributed by atoms with Crippen LogP contribution in [-0.4, -0.2) is 29.8 Å². The molecule has 1 aliphatic carbocycles. The van der Waals surface area contributed by atoms with Crippen molar-refractivity contribution in [3.63, 3.8) is 0 Å². The number of aliphatic hydroxyl groups is 1. The van der Waals surface area contributed by atoms with E-state index < -0.39 is 5.54 Å². The van der Waals surface area contributed by atoms with Crippen molar-refractivity contribution in [3.05, 3.63) is 29.3 Å². The molecule has 20 heavy (non-hydrogen) atoms. The first-order valence-electron chi connectivity index (χ1n) is 7.17. The predicted molar refractivity (Wildman–Crippen MR) is 77.8 cm³/mol. The van der Waals surface area contributed by atoms with Crippen LogP contribution in [0.4, 0.5) is 0 Å². The summed E-state index contributed by atoms with van der Waals surface area (Å²) < 4.78 is 5.51. The quantitative estimate of drug-likeness (QED) is 0.866. The summed E-state index contributed by atoms with van der Waals surface area (Å²) in [5.41, 5.74) is 1.92. The molecule has 1 fully saturated rings. The summed E-state index contributed by atoms with van der Waals surface area (Å²) in [6, 6.07) is 5.78. The third kappa shape index (κ3) is 3.51. The Morgan fingerprint density at radius 1 is 1.30 bits per heavy atom. The molecular weight excluding hydrogens is 254 g/mol. The molecule has 2 N–H and O–H groups in total. The Kier molecular flexibility index (Phi) is 4.65. The molecule has 0 radical (unpaired) electrons. The van der Waals surface area contributed by atoms with Crippen molar-refractivity contribution in [2.75, 3.05) is 13.2 Å². The van der Waals surface area contributed by atoms with Crippen molar-refractivity contribution in [2.24, 2.45) is 0 Å². The van der Waals surface area contributed by atoms with Gasteiger partial charge in [-0.3, -0.25) is 4.79 Å². The summed E-state index contributed by atoms with van der Waals surface area (Å²) in [6.45, 7) is 4.05. The van der Waals surface area contributed by atoms with Gasteiger partial charge in [0.05, 0.1) is 12.1 Å². The fourth-order valence-corrected chi connectivity index (χ4v) is 2.66. The lowest BCUT2D eigenvalue weighted by molar-refractivity contribution is -0.125. The molecule has 1 aromatic carbocycles. The summed E-state index contributed by atoms with van der Waals surface area (Å²) in [4.78, 5) is 11.9. The van der Waals surface area contributed by atoms with Crippen molar-refractivity contribution in [2.45, 2.75) is 45.1 Å². The summed E-state index contributed by atoms with van der Waals surface area (Å²) >= 11 is 0. The number of hydrogen-bond acceptors (Lipinski definition) is 3. The number of aliphatic hydroxyl groups excluding tert-OH is 1. The van der Waals surface area contributed by atoms with Gasteiger partial charge in [0.15, 0.2) is 6.61 Å². The van der Waals surface area contributed by atoms with Gasteiger partial charge in [0, 0.05) is 0 Å². The molecule has 1 aromatic rings. The lowest BCUT2D eigenvalue weighted by Gasteiger charge is -2.27. The maximum absolute atomic E-state index is 11.9. The van der Waals surface area contributed by atoms with Gasteiger partial charge in [0.1, 0.15) is 5.75 Å². The third-order valence-corrected chi connectivity index (χ3v) is 4.12. The zero-order chi connectivity index (χ0) is 14.6. The molecule has 1 amide bonds. The van der Waals surface area contributed by atoms with Crippen molar-refractivity contribution >= 4 is 5.91 Å². The first-order chi connectivity index (χ1) is 9.54. The molecule has 2 rings (SSSR count). The molecule has 0 heterocycles. The predicted octanol–water partition coefficient (Wildman–Crippen LogP) is 2.10. The molecule has 4 heteroatoms. The first-order valence-corrected chi connectivity index (χ1v) is 7.17. The summed E-state index contributed by atoms with van der Waals surface area (Å²) in [5, 5.41) is 12.4. The molecule has 0 atom stereocenters. The second-order valence-corrected chi connectivity index (χ2v) is 5.73. The van der Waals surface area contributed by atoms with E-state index in [9.17, 15) is 9.90 Å². The van der Waals surface area contributed by atoms with Crippen molar-refractivity contribution in [1.82, 2.24) is 5.32 Å². The molecule has 1 aliphatic rings. The number of hydrogen-bond donors (Lipinski definition) is 2. The van der Waals surface area contributed by atoms with E-state index in [1.807, 2.05) is 32.0 Å². The van der Waals surface area contributed by atoms with Crippen LogP contribution >= 0.6 is 0 Å². The van der Waals surface area contributed by atoms with Gasteiger partial charge in [-0.2, -0.15) is 0 Å². The highest BCUT2D eigenvalue weighted by molar-refractivity contribution is 5.78. The molecular formula is C16H23NO3. The number of rotatable bonds is 5. The minimum Gasteiger partial charge on any atom is -0.484 e. The molecule has 1 saturated carbocycles. The van der Waals surface area contributed by atoms with Crippen LogP contribution in [0.15, 0.2) is 18.2 Å². The maximum Gasteiger partial charge on any atom is 0.258 e. The van der Waals surface area contributed by atoms with E-state index in [2.05, 4.69) is 5.32 Å². The minimum absolute atomic E-state index is 0.00236. The molecule has 0 spiro atoms. The molecule has 0 aliphatic heterocycles. The maximum atomic E-state index is 11.9. The van der Waals surface area contributed by atoms with Crippen LogP contribution in [0.2, 0.25) is 0 Å². The number of benzene rings is 1. The number of nitrogens with one attached hydrogen (secondary N) is 1. The number of amides is 1. The normalized spacial score (nSPS) is 16.9. The summed E-state index contributed by atoms with van der Waals surface area (Å²) in [5.74, 6) is 0.534.